The molecule has 0 spiro atoms. The first-order valence-electron chi connectivity index (χ1n) is 5.33. The Morgan fingerprint density at radius 1 is 1.22 bits per heavy atom. The van der Waals surface area contributed by atoms with Crippen molar-refractivity contribution in [3.05, 3.63) is 41.8 Å². The molecular weight excluding hydrogens is 251 g/mol. The van der Waals surface area contributed by atoms with E-state index in [2.05, 4.69) is 9.97 Å². The van der Waals surface area contributed by atoms with E-state index in [0.29, 0.717) is 11.1 Å². The van der Waals surface area contributed by atoms with Gasteiger partial charge in [-0.25, -0.2) is 4.98 Å². The van der Waals surface area contributed by atoms with Gasteiger partial charge < -0.3 is 4.74 Å². The molecule has 5 heteroatoms. The maximum atomic E-state index is 14.1. The van der Waals surface area contributed by atoms with E-state index in [1.165, 1.54) is 18.4 Å². The predicted octanol–water partition coefficient (Wildman–Crippen LogP) is 3.51. The molecule has 0 unspecified atom stereocenters. The Morgan fingerprint density at radius 2 is 2.00 bits per heavy atom. The maximum absolute atomic E-state index is 14.1. The summed E-state index contributed by atoms with van der Waals surface area (Å²) in [5.41, 5.74) is 3.54. The normalized spacial score (nSPS) is 10.8. The van der Waals surface area contributed by atoms with E-state index in [4.69, 9.17) is 4.74 Å². The summed E-state index contributed by atoms with van der Waals surface area (Å²) in [4.78, 5) is 8.00. The van der Waals surface area contributed by atoms with Crippen LogP contribution in [-0.2, 0) is 0 Å². The average molecular weight is 260 g/mol. The van der Waals surface area contributed by atoms with E-state index < -0.39 is 5.95 Å². The third-order valence-corrected chi connectivity index (χ3v) is 3.50. The largest absolute Gasteiger partial charge is 0.479 e. The Morgan fingerprint density at radius 3 is 2.72 bits per heavy atom. The van der Waals surface area contributed by atoms with Gasteiger partial charge in [-0.05, 0) is 5.56 Å². The van der Waals surface area contributed by atoms with Crippen molar-refractivity contribution in [1.29, 1.82) is 0 Å². The second-order valence-corrected chi connectivity index (χ2v) is 4.54. The van der Waals surface area contributed by atoms with Crippen molar-refractivity contribution in [3.8, 4) is 17.0 Å². The molecule has 3 aromatic rings. The van der Waals surface area contributed by atoms with Crippen LogP contribution in [-0.4, -0.2) is 17.1 Å². The summed E-state index contributed by atoms with van der Waals surface area (Å²) >= 11 is 1.38. The zero-order chi connectivity index (χ0) is 12.5. The lowest BCUT2D eigenvalue weighted by atomic mass is 10.1. The number of hydrogen-bond acceptors (Lipinski definition) is 4. The fraction of sp³-hybridized carbons (Fsp3) is 0.0769. The summed E-state index contributed by atoms with van der Waals surface area (Å²) in [6, 6.07) is 9.33. The fourth-order valence-electron chi connectivity index (χ4n) is 1.86. The van der Waals surface area contributed by atoms with Crippen molar-refractivity contribution in [2.45, 2.75) is 0 Å². The van der Waals surface area contributed by atoms with Gasteiger partial charge in [-0.2, -0.15) is 9.37 Å². The highest BCUT2D eigenvalue weighted by atomic mass is 32.1. The molecule has 0 atom stereocenters. The van der Waals surface area contributed by atoms with E-state index in [9.17, 15) is 4.39 Å². The molecular formula is C13H9FN2OS. The Balaban J connectivity index is 2.36. The number of rotatable bonds is 2. The van der Waals surface area contributed by atoms with Crippen LogP contribution in [0.2, 0.25) is 0 Å². The van der Waals surface area contributed by atoms with Crippen LogP contribution in [0, 0.1) is 5.95 Å². The monoisotopic (exact) mass is 260 g/mol. The Bertz CT molecular complexity index is 697. The van der Waals surface area contributed by atoms with Crippen molar-refractivity contribution in [3.63, 3.8) is 0 Å². The highest BCUT2D eigenvalue weighted by Crippen LogP contribution is 2.36. The number of nitrogens with zero attached hydrogens (tertiary/aromatic N) is 2. The minimum Gasteiger partial charge on any atom is -0.479 e. The molecule has 0 bridgehead atoms. The van der Waals surface area contributed by atoms with Crippen LogP contribution in [0.15, 0.2) is 35.8 Å². The molecule has 0 N–H and O–H groups in total. The first-order chi connectivity index (χ1) is 8.81. The molecule has 3 rings (SSSR count). The molecule has 0 aliphatic rings. The van der Waals surface area contributed by atoms with Crippen LogP contribution in [0.4, 0.5) is 4.39 Å². The molecule has 0 saturated carbocycles. The molecule has 0 saturated heterocycles. The van der Waals surface area contributed by atoms with Gasteiger partial charge in [0.2, 0.25) is 11.8 Å². The SMILES string of the molecule is COc1nc(F)c(-c2ccccc2)c2scnc12. The molecule has 0 aliphatic carbocycles. The van der Waals surface area contributed by atoms with E-state index in [1.807, 2.05) is 30.3 Å². The molecule has 2 aromatic heterocycles. The number of methoxy groups -OCH3 is 1. The lowest BCUT2D eigenvalue weighted by Gasteiger charge is -2.06. The number of aromatic nitrogens is 2. The first kappa shape index (κ1) is 11.1. The van der Waals surface area contributed by atoms with E-state index in [-0.39, 0.29) is 5.88 Å². The van der Waals surface area contributed by atoms with Crippen LogP contribution in [0.1, 0.15) is 0 Å². The molecule has 0 radical (unpaired) electrons. The molecule has 3 nitrogen and oxygen atoms in total. The van der Waals surface area contributed by atoms with Crippen LogP contribution in [0.5, 0.6) is 5.88 Å². The maximum Gasteiger partial charge on any atom is 0.243 e. The molecule has 1 aromatic carbocycles. The van der Waals surface area contributed by atoms with E-state index in [0.717, 1.165) is 10.3 Å². The number of fused-ring (bicyclic) bond motifs is 1. The lowest BCUT2D eigenvalue weighted by Crippen LogP contribution is -1.95. The quantitative estimate of drug-likeness (QED) is 0.661. The highest BCUT2D eigenvalue weighted by Gasteiger charge is 2.17. The second-order valence-electron chi connectivity index (χ2n) is 3.68. The molecule has 0 aliphatic heterocycles. The summed E-state index contributed by atoms with van der Waals surface area (Å²) in [5, 5.41) is 0. The predicted molar refractivity (Wildman–Crippen MR) is 69.4 cm³/mol. The van der Waals surface area contributed by atoms with Crippen molar-refractivity contribution in [2.24, 2.45) is 0 Å². The summed E-state index contributed by atoms with van der Waals surface area (Å²) in [6.45, 7) is 0. The first-order valence-corrected chi connectivity index (χ1v) is 6.21. The van der Waals surface area contributed by atoms with Gasteiger partial charge in [0, 0.05) is 0 Å². The van der Waals surface area contributed by atoms with Gasteiger partial charge in [0.05, 0.1) is 22.9 Å². The van der Waals surface area contributed by atoms with Gasteiger partial charge in [0.1, 0.15) is 5.52 Å². The van der Waals surface area contributed by atoms with Crippen molar-refractivity contribution in [2.75, 3.05) is 7.11 Å². The number of pyridine rings is 1. The molecule has 2 heterocycles. The third-order valence-electron chi connectivity index (χ3n) is 2.66. The highest BCUT2D eigenvalue weighted by molar-refractivity contribution is 7.17. The number of benzene rings is 1. The summed E-state index contributed by atoms with van der Waals surface area (Å²) in [7, 11) is 1.46. The van der Waals surface area contributed by atoms with Gasteiger partial charge in [-0.3, -0.25) is 0 Å². The fourth-order valence-corrected chi connectivity index (χ4v) is 2.70. The minimum absolute atomic E-state index is 0.225. The van der Waals surface area contributed by atoms with Gasteiger partial charge in [0.15, 0.2) is 0 Å². The smallest absolute Gasteiger partial charge is 0.243 e. The molecule has 0 amide bonds. The second kappa shape index (κ2) is 4.34. The standard InChI is InChI=1S/C13H9FN2OS/c1-17-13-10-11(18-7-15-10)9(12(14)16-13)8-5-3-2-4-6-8/h2-7H,1H3. The van der Waals surface area contributed by atoms with Crippen LogP contribution >= 0.6 is 11.3 Å². The number of halogens is 1. The lowest BCUT2D eigenvalue weighted by molar-refractivity contribution is 0.393. The molecule has 18 heavy (non-hydrogen) atoms. The summed E-state index contributed by atoms with van der Waals surface area (Å²) in [5.74, 6) is -0.307. The van der Waals surface area contributed by atoms with Gasteiger partial charge in [-0.15, -0.1) is 11.3 Å². The van der Waals surface area contributed by atoms with E-state index >= 15 is 0 Å². The van der Waals surface area contributed by atoms with Gasteiger partial charge in [-0.1, -0.05) is 30.3 Å². The number of thiazole rings is 1. The minimum atomic E-state index is -0.533. The van der Waals surface area contributed by atoms with Gasteiger partial charge in [0.25, 0.3) is 0 Å². The zero-order valence-corrected chi connectivity index (χ0v) is 10.4. The van der Waals surface area contributed by atoms with Crippen LogP contribution in [0.25, 0.3) is 21.3 Å². The van der Waals surface area contributed by atoms with Crippen LogP contribution < -0.4 is 4.74 Å². The van der Waals surface area contributed by atoms with Crippen LogP contribution in [0.3, 0.4) is 0 Å². The van der Waals surface area contributed by atoms with Crippen molar-refractivity contribution >= 4 is 21.6 Å². The number of hydrogen-bond donors (Lipinski definition) is 0. The topological polar surface area (TPSA) is 35.0 Å². The summed E-state index contributed by atoms with van der Waals surface area (Å²) in [6.07, 6.45) is 0. The summed E-state index contributed by atoms with van der Waals surface area (Å²) < 4.78 is 19.9. The van der Waals surface area contributed by atoms with Gasteiger partial charge >= 0.3 is 0 Å². The zero-order valence-electron chi connectivity index (χ0n) is 9.55. The van der Waals surface area contributed by atoms with Crippen molar-refractivity contribution < 1.29 is 9.13 Å². The Kier molecular flexibility index (Phi) is 2.68. The molecule has 90 valence electrons. The molecule has 0 fully saturated rings. The Labute approximate surface area is 107 Å². The third kappa shape index (κ3) is 1.64. The number of ether oxygens (including phenoxy) is 1. The average Bonchev–Trinajstić information content (AvgIpc) is 2.87. The Hall–Kier alpha value is -2.01. The van der Waals surface area contributed by atoms with Crippen molar-refractivity contribution in [1.82, 2.24) is 9.97 Å². The van der Waals surface area contributed by atoms with E-state index in [1.54, 1.807) is 5.51 Å².